The highest BCUT2D eigenvalue weighted by Crippen LogP contribution is 2.23. The van der Waals surface area contributed by atoms with Gasteiger partial charge in [0.2, 0.25) is 5.91 Å². The molecule has 1 rings (SSSR count). The molecule has 0 aliphatic carbocycles. The second kappa shape index (κ2) is 9.06. The number of nitrogen functional groups attached to an aromatic ring is 1. The molecule has 116 valence electrons. The normalized spacial score (nSPS) is 11.0. The zero-order chi connectivity index (χ0) is 15.7. The zero-order valence-electron chi connectivity index (χ0n) is 13.2. The van der Waals surface area contributed by atoms with Crippen LogP contribution in [0, 0.1) is 5.92 Å². The fourth-order valence-electron chi connectivity index (χ4n) is 1.68. The summed E-state index contributed by atoms with van der Waals surface area (Å²) in [6, 6.07) is 5.54. The van der Waals surface area contributed by atoms with Crippen molar-refractivity contribution in [1.29, 1.82) is 0 Å². The average Bonchev–Trinajstić information content (AvgIpc) is 2.44. The van der Waals surface area contributed by atoms with Crippen molar-refractivity contribution in [3.05, 3.63) is 29.8 Å². The van der Waals surface area contributed by atoms with E-state index in [2.05, 4.69) is 26.1 Å². The van der Waals surface area contributed by atoms with Crippen LogP contribution < -0.4 is 15.8 Å². The van der Waals surface area contributed by atoms with Crippen LogP contribution in [0.15, 0.2) is 24.3 Å². The third-order valence-electron chi connectivity index (χ3n) is 2.86. The van der Waals surface area contributed by atoms with E-state index >= 15 is 0 Å². The Bertz CT molecular complexity index is 482. The van der Waals surface area contributed by atoms with Gasteiger partial charge in [0, 0.05) is 12.6 Å². The fraction of sp³-hybridized carbons (Fsp3) is 0.471. The Labute approximate surface area is 127 Å². The molecule has 0 atom stereocenters. The number of carbonyl (C=O) groups excluding carboxylic acids is 1. The van der Waals surface area contributed by atoms with Gasteiger partial charge in [0.25, 0.3) is 0 Å². The van der Waals surface area contributed by atoms with Gasteiger partial charge in [0.05, 0.1) is 12.3 Å². The number of nitrogens with one attached hydrogen (secondary N) is 1. The molecule has 0 aliphatic rings. The smallest absolute Gasteiger partial charge is 0.243 e. The lowest BCUT2D eigenvalue weighted by Gasteiger charge is -2.11. The molecule has 0 heterocycles. The number of hydrogen-bond acceptors (Lipinski definition) is 3. The molecule has 1 amide bonds. The van der Waals surface area contributed by atoms with Crippen LogP contribution in [0.1, 0.15) is 39.2 Å². The van der Waals surface area contributed by atoms with Gasteiger partial charge < -0.3 is 15.8 Å². The molecule has 0 unspecified atom stereocenters. The van der Waals surface area contributed by atoms with Gasteiger partial charge in [0.15, 0.2) is 0 Å². The third kappa shape index (κ3) is 6.84. The van der Waals surface area contributed by atoms with E-state index < -0.39 is 0 Å². The van der Waals surface area contributed by atoms with Gasteiger partial charge in [-0.25, -0.2) is 0 Å². The van der Waals surface area contributed by atoms with Crippen LogP contribution in [-0.2, 0) is 4.79 Å². The highest BCUT2D eigenvalue weighted by molar-refractivity contribution is 5.91. The molecule has 21 heavy (non-hydrogen) atoms. The van der Waals surface area contributed by atoms with Gasteiger partial charge in [0.1, 0.15) is 5.75 Å². The first-order valence-corrected chi connectivity index (χ1v) is 7.51. The maximum atomic E-state index is 11.6. The number of rotatable bonds is 8. The van der Waals surface area contributed by atoms with Gasteiger partial charge in [-0.15, -0.1) is 0 Å². The molecule has 0 aliphatic heterocycles. The van der Waals surface area contributed by atoms with Crippen molar-refractivity contribution in [2.45, 2.75) is 33.6 Å². The lowest BCUT2D eigenvalue weighted by Crippen LogP contribution is -2.21. The number of ether oxygens (including phenoxy) is 1. The molecule has 4 nitrogen and oxygen atoms in total. The van der Waals surface area contributed by atoms with E-state index in [0.29, 0.717) is 30.5 Å². The minimum Gasteiger partial charge on any atom is -0.491 e. The van der Waals surface area contributed by atoms with Crippen molar-refractivity contribution >= 4 is 17.7 Å². The number of benzene rings is 1. The molecular formula is C17H26N2O2. The highest BCUT2D eigenvalue weighted by Gasteiger charge is 2.02. The molecule has 0 aromatic heterocycles. The maximum absolute atomic E-state index is 11.6. The number of anilines is 1. The Kier molecular flexibility index (Phi) is 7.37. The van der Waals surface area contributed by atoms with Crippen LogP contribution in [0.5, 0.6) is 5.75 Å². The van der Waals surface area contributed by atoms with E-state index in [-0.39, 0.29) is 5.91 Å². The average molecular weight is 290 g/mol. The first-order chi connectivity index (χ1) is 10.0. The zero-order valence-corrected chi connectivity index (χ0v) is 13.2. The standard InChI is InChI=1S/C17H26N2O2/c1-4-5-10-19-17(20)9-7-14-6-8-16(15(18)11-14)21-12-13(2)3/h6-9,11,13H,4-5,10,12,18H2,1-3H3,(H,19,20)/b9-7-. The summed E-state index contributed by atoms with van der Waals surface area (Å²) in [7, 11) is 0. The van der Waals surface area contributed by atoms with Crippen LogP contribution >= 0.6 is 0 Å². The summed E-state index contributed by atoms with van der Waals surface area (Å²) in [6.07, 6.45) is 5.34. The molecule has 3 N–H and O–H groups in total. The van der Waals surface area contributed by atoms with Gasteiger partial charge in [-0.2, -0.15) is 0 Å². The largest absolute Gasteiger partial charge is 0.491 e. The van der Waals surface area contributed by atoms with E-state index in [9.17, 15) is 4.79 Å². The fourth-order valence-corrected chi connectivity index (χ4v) is 1.68. The van der Waals surface area contributed by atoms with Gasteiger partial charge in [-0.05, 0) is 36.1 Å². The molecule has 0 bridgehead atoms. The minimum atomic E-state index is -0.0813. The summed E-state index contributed by atoms with van der Waals surface area (Å²) in [5, 5.41) is 2.83. The van der Waals surface area contributed by atoms with Crippen LogP contribution in [0.3, 0.4) is 0 Å². The van der Waals surface area contributed by atoms with Crippen molar-refractivity contribution in [2.75, 3.05) is 18.9 Å². The minimum absolute atomic E-state index is 0.0813. The molecule has 4 heteroatoms. The third-order valence-corrected chi connectivity index (χ3v) is 2.86. The molecule has 1 aromatic carbocycles. The second-order valence-corrected chi connectivity index (χ2v) is 5.48. The van der Waals surface area contributed by atoms with Gasteiger partial charge in [-0.1, -0.05) is 33.3 Å². The summed E-state index contributed by atoms with van der Waals surface area (Å²) < 4.78 is 5.62. The molecule has 0 saturated heterocycles. The van der Waals surface area contributed by atoms with Crippen LogP contribution in [0.2, 0.25) is 0 Å². The van der Waals surface area contributed by atoms with Crippen LogP contribution in [-0.4, -0.2) is 19.1 Å². The predicted octanol–water partition coefficient (Wildman–Crippen LogP) is 3.23. The van der Waals surface area contributed by atoms with Crippen molar-refractivity contribution in [1.82, 2.24) is 5.32 Å². The highest BCUT2D eigenvalue weighted by atomic mass is 16.5. The Balaban J connectivity index is 2.56. The second-order valence-electron chi connectivity index (χ2n) is 5.48. The molecule has 0 spiro atoms. The van der Waals surface area contributed by atoms with Crippen molar-refractivity contribution < 1.29 is 9.53 Å². The molecule has 1 aromatic rings. The number of unbranched alkanes of at least 4 members (excludes halogenated alkanes) is 1. The van der Waals surface area contributed by atoms with E-state index in [0.717, 1.165) is 18.4 Å². The number of nitrogens with two attached hydrogens (primary N) is 1. The monoisotopic (exact) mass is 290 g/mol. The van der Waals surface area contributed by atoms with Gasteiger partial charge >= 0.3 is 0 Å². The Morgan fingerprint density at radius 1 is 1.43 bits per heavy atom. The number of amides is 1. The molecular weight excluding hydrogens is 264 g/mol. The van der Waals surface area contributed by atoms with E-state index in [1.54, 1.807) is 6.08 Å². The van der Waals surface area contributed by atoms with Crippen LogP contribution in [0.25, 0.3) is 6.08 Å². The first-order valence-electron chi connectivity index (χ1n) is 7.51. The molecule has 0 fully saturated rings. The van der Waals surface area contributed by atoms with Gasteiger partial charge in [-0.3, -0.25) is 4.79 Å². The topological polar surface area (TPSA) is 64.3 Å². The van der Waals surface area contributed by atoms with Crippen molar-refractivity contribution in [3.8, 4) is 5.75 Å². The summed E-state index contributed by atoms with van der Waals surface area (Å²) >= 11 is 0. The van der Waals surface area contributed by atoms with Crippen molar-refractivity contribution in [2.24, 2.45) is 5.92 Å². The Morgan fingerprint density at radius 2 is 2.19 bits per heavy atom. The predicted molar refractivity (Wildman–Crippen MR) is 88.1 cm³/mol. The van der Waals surface area contributed by atoms with E-state index in [4.69, 9.17) is 10.5 Å². The van der Waals surface area contributed by atoms with E-state index in [1.165, 1.54) is 6.08 Å². The summed E-state index contributed by atoms with van der Waals surface area (Å²) in [6.45, 7) is 7.62. The van der Waals surface area contributed by atoms with E-state index in [1.807, 2.05) is 18.2 Å². The Hall–Kier alpha value is -1.97. The van der Waals surface area contributed by atoms with Crippen molar-refractivity contribution in [3.63, 3.8) is 0 Å². The molecule has 0 radical (unpaired) electrons. The number of carbonyl (C=O) groups is 1. The quantitative estimate of drug-likeness (QED) is 0.439. The SMILES string of the molecule is CCCCNC(=O)/C=C\c1ccc(OCC(C)C)c(N)c1. The lowest BCUT2D eigenvalue weighted by atomic mass is 10.1. The lowest BCUT2D eigenvalue weighted by molar-refractivity contribution is -0.116. The summed E-state index contributed by atoms with van der Waals surface area (Å²) in [5.41, 5.74) is 7.42. The number of hydrogen-bond donors (Lipinski definition) is 2. The summed E-state index contributed by atoms with van der Waals surface area (Å²) in [4.78, 5) is 11.6. The molecule has 0 saturated carbocycles. The Morgan fingerprint density at radius 3 is 2.81 bits per heavy atom. The van der Waals surface area contributed by atoms with Crippen LogP contribution in [0.4, 0.5) is 5.69 Å². The first kappa shape index (κ1) is 17.1. The maximum Gasteiger partial charge on any atom is 0.243 e. The summed E-state index contributed by atoms with van der Waals surface area (Å²) in [5.74, 6) is 1.06.